The van der Waals surface area contributed by atoms with Crippen molar-refractivity contribution < 1.29 is 19.1 Å². The molecule has 1 fully saturated rings. The van der Waals surface area contributed by atoms with Gasteiger partial charge < -0.3 is 9.52 Å². The monoisotopic (exact) mass is 345 g/mol. The minimum absolute atomic E-state index is 0.160. The lowest BCUT2D eigenvalue weighted by Gasteiger charge is -2.03. The molecule has 1 aliphatic rings. The van der Waals surface area contributed by atoms with Gasteiger partial charge in [0, 0.05) is 18.7 Å². The molecule has 2 heterocycles. The number of nitrogens with zero attached hydrogens (tertiary/aromatic N) is 1. The van der Waals surface area contributed by atoms with Crippen LogP contribution in [0.1, 0.15) is 16.1 Å². The second kappa shape index (κ2) is 6.02. The second-order valence-corrected chi connectivity index (χ2v) is 6.47. The number of hydrogen-bond acceptors (Lipinski definition) is 5. The molecule has 0 unspecified atom stereocenters. The standard InChI is InChI=1S/C16H11NO4S2/c1-17-14(18)13(23-16(17)22)8-9-6-7-12(21-9)10-4-2-3-5-11(10)15(19)20/h2-8H,1H3,(H,19,20). The molecule has 1 aromatic carbocycles. The van der Waals surface area contributed by atoms with E-state index in [2.05, 4.69) is 0 Å². The summed E-state index contributed by atoms with van der Waals surface area (Å²) in [6.45, 7) is 0. The number of benzene rings is 1. The predicted octanol–water partition coefficient (Wildman–Crippen LogP) is 3.48. The largest absolute Gasteiger partial charge is 0.478 e. The molecular formula is C16H11NO4S2. The van der Waals surface area contributed by atoms with Crippen molar-refractivity contribution in [3.8, 4) is 11.3 Å². The Morgan fingerprint density at radius 2 is 2.04 bits per heavy atom. The Kier molecular flexibility index (Phi) is 4.06. The molecule has 1 saturated heterocycles. The molecule has 1 aliphatic heterocycles. The van der Waals surface area contributed by atoms with E-state index in [0.717, 1.165) is 0 Å². The summed E-state index contributed by atoms with van der Waals surface area (Å²) in [6.07, 6.45) is 1.61. The van der Waals surface area contributed by atoms with Crippen LogP contribution in [-0.4, -0.2) is 33.3 Å². The highest BCUT2D eigenvalue weighted by Crippen LogP contribution is 2.33. The van der Waals surface area contributed by atoms with Crippen LogP contribution in [0.2, 0.25) is 0 Å². The second-order valence-electron chi connectivity index (χ2n) is 4.79. The highest BCUT2D eigenvalue weighted by Gasteiger charge is 2.29. The van der Waals surface area contributed by atoms with Crippen LogP contribution in [-0.2, 0) is 4.79 Å². The fourth-order valence-corrected chi connectivity index (χ4v) is 3.29. The van der Waals surface area contributed by atoms with Crippen LogP contribution in [0, 0.1) is 0 Å². The number of furan rings is 1. The molecule has 1 amide bonds. The molecule has 3 rings (SSSR count). The van der Waals surface area contributed by atoms with Gasteiger partial charge in [-0.1, -0.05) is 42.2 Å². The molecule has 116 valence electrons. The average Bonchev–Trinajstić information content (AvgIpc) is 3.09. The molecule has 0 atom stereocenters. The van der Waals surface area contributed by atoms with Crippen molar-refractivity contribution >= 4 is 46.3 Å². The molecule has 1 aromatic heterocycles. The Morgan fingerprint density at radius 3 is 2.70 bits per heavy atom. The van der Waals surface area contributed by atoms with Crippen LogP contribution >= 0.6 is 24.0 Å². The maximum absolute atomic E-state index is 12.0. The van der Waals surface area contributed by atoms with Crippen LogP contribution in [0.3, 0.4) is 0 Å². The van der Waals surface area contributed by atoms with Gasteiger partial charge in [-0.3, -0.25) is 9.69 Å². The minimum atomic E-state index is -1.02. The summed E-state index contributed by atoms with van der Waals surface area (Å²) < 4.78 is 6.16. The Morgan fingerprint density at radius 1 is 1.30 bits per heavy atom. The quantitative estimate of drug-likeness (QED) is 0.678. The zero-order valence-electron chi connectivity index (χ0n) is 12.0. The van der Waals surface area contributed by atoms with Crippen molar-refractivity contribution in [2.75, 3.05) is 7.05 Å². The minimum Gasteiger partial charge on any atom is -0.478 e. The van der Waals surface area contributed by atoms with Crippen LogP contribution in [0.15, 0.2) is 45.7 Å². The van der Waals surface area contributed by atoms with Crippen LogP contribution < -0.4 is 0 Å². The van der Waals surface area contributed by atoms with Crippen molar-refractivity contribution in [1.82, 2.24) is 4.90 Å². The molecule has 0 bridgehead atoms. The molecule has 0 aliphatic carbocycles. The van der Waals surface area contributed by atoms with Gasteiger partial charge in [-0.15, -0.1) is 0 Å². The number of amides is 1. The SMILES string of the molecule is CN1C(=O)C(=Cc2ccc(-c3ccccc3C(=O)O)o2)SC1=S. The first-order chi connectivity index (χ1) is 11.0. The molecule has 0 saturated carbocycles. The van der Waals surface area contributed by atoms with Gasteiger partial charge in [0.25, 0.3) is 5.91 Å². The van der Waals surface area contributed by atoms with Crippen LogP contribution in [0.25, 0.3) is 17.4 Å². The fraction of sp³-hybridized carbons (Fsp3) is 0.0625. The third kappa shape index (κ3) is 2.93. The summed E-state index contributed by atoms with van der Waals surface area (Å²) in [6, 6.07) is 9.96. The van der Waals surface area contributed by atoms with Crippen molar-refractivity contribution in [1.29, 1.82) is 0 Å². The summed E-state index contributed by atoms with van der Waals surface area (Å²) in [5.41, 5.74) is 0.649. The zero-order chi connectivity index (χ0) is 16.6. The first-order valence-corrected chi connectivity index (χ1v) is 7.84. The van der Waals surface area contributed by atoms with E-state index in [1.807, 2.05) is 0 Å². The van der Waals surface area contributed by atoms with Crippen LogP contribution in [0.5, 0.6) is 0 Å². The van der Waals surface area contributed by atoms with E-state index in [9.17, 15) is 14.7 Å². The van der Waals surface area contributed by atoms with Gasteiger partial charge in [0.15, 0.2) is 0 Å². The highest BCUT2D eigenvalue weighted by atomic mass is 32.2. The highest BCUT2D eigenvalue weighted by molar-refractivity contribution is 8.26. The topological polar surface area (TPSA) is 70.8 Å². The Labute approximate surface area is 141 Å². The fourth-order valence-electron chi connectivity index (χ4n) is 2.13. The Bertz CT molecular complexity index is 853. The molecule has 7 heteroatoms. The maximum Gasteiger partial charge on any atom is 0.336 e. The molecular weight excluding hydrogens is 334 g/mol. The van der Waals surface area contributed by atoms with Gasteiger partial charge in [0.2, 0.25) is 0 Å². The number of carboxylic acid groups (broad SMARTS) is 1. The number of carboxylic acids is 1. The third-order valence-corrected chi connectivity index (χ3v) is 4.79. The molecule has 5 nitrogen and oxygen atoms in total. The van der Waals surface area contributed by atoms with E-state index < -0.39 is 5.97 Å². The summed E-state index contributed by atoms with van der Waals surface area (Å²) in [5.74, 6) is -0.301. The number of thioether (sulfide) groups is 1. The van der Waals surface area contributed by atoms with E-state index in [0.29, 0.717) is 26.3 Å². The van der Waals surface area contributed by atoms with Crippen molar-refractivity contribution in [3.05, 3.63) is 52.6 Å². The number of hydrogen-bond donors (Lipinski definition) is 1. The van der Waals surface area contributed by atoms with E-state index in [4.69, 9.17) is 16.6 Å². The van der Waals surface area contributed by atoms with Gasteiger partial charge in [-0.2, -0.15) is 0 Å². The van der Waals surface area contributed by atoms with E-state index >= 15 is 0 Å². The molecule has 23 heavy (non-hydrogen) atoms. The smallest absolute Gasteiger partial charge is 0.336 e. The third-order valence-electron chi connectivity index (χ3n) is 3.31. The number of likely N-dealkylation sites (N-methyl/N-ethyl adjacent to an activating group) is 1. The zero-order valence-corrected chi connectivity index (χ0v) is 13.6. The number of aromatic carboxylic acids is 1. The van der Waals surface area contributed by atoms with Gasteiger partial charge in [-0.05, 0) is 18.2 Å². The predicted molar refractivity (Wildman–Crippen MR) is 92.0 cm³/mol. The molecule has 0 spiro atoms. The first-order valence-electron chi connectivity index (χ1n) is 6.61. The van der Waals surface area contributed by atoms with E-state index in [1.54, 1.807) is 43.5 Å². The lowest BCUT2D eigenvalue weighted by atomic mass is 10.1. The molecule has 0 radical (unpaired) electrons. The normalized spacial score (nSPS) is 16.4. The Hall–Kier alpha value is -2.38. The van der Waals surface area contributed by atoms with E-state index in [-0.39, 0.29) is 11.5 Å². The Balaban J connectivity index is 1.95. The van der Waals surface area contributed by atoms with Crippen LogP contribution in [0.4, 0.5) is 0 Å². The number of thiocarbonyl (C=S) groups is 1. The summed E-state index contributed by atoms with van der Waals surface area (Å²) >= 11 is 6.28. The first kappa shape index (κ1) is 15.5. The van der Waals surface area contributed by atoms with Gasteiger partial charge in [0.1, 0.15) is 15.8 Å². The number of rotatable bonds is 3. The van der Waals surface area contributed by atoms with Gasteiger partial charge >= 0.3 is 5.97 Å². The maximum atomic E-state index is 12.0. The van der Waals surface area contributed by atoms with Crippen molar-refractivity contribution in [3.63, 3.8) is 0 Å². The van der Waals surface area contributed by atoms with Gasteiger partial charge in [-0.25, -0.2) is 4.79 Å². The summed E-state index contributed by atoms with van der Waals surface area (Å²) in [4.78, 5) is 25.1. The average molecular weight is 345 g/mol. The summed E-state index contributed by atoms with van der Waals surface area (Å²) in [7, 11) is 1.62. The lowest BCUT2D eigenvalue weighted by Crippen LogP contribution is -2.22. The lowest BCUT2D eigenvalue weighted by molar-refractivity contribution is -0.121. The number of carbonyl (C=O) groups excluding carboxylic acids is 1. The van der Waals surface area contributed by atoms with Gasteiger partial charge in [0.05, 0.1) is 10.5 Å². The van der Waals surface area contributed by atoms with Crippen molar-refractivity contribution in [2.24, 2.45) is 0 Å². The number of carbonyl (C=O) groups is 2. The molecule has 1 N–H and O–H groups in total. The van der Waals surface area contributed by atoms with E-state index in [1.165, 1.54) is 22.7 Å². The summed E-state index contributed by atoms with van der Waals surface area (Å²) in [5, 5.41) is 9.24. The van der Waals surface area contributed by atoms with Crippen molar-refractivity contribution in [2.45, 2.75) is 0 Å². The molecule has 2 aromatic rings.